The van der Waals surface area contributed by atoms with Crippen LogP contribution in [-0.2, 0) is 21.0 Å². The van der Waals surface area contributed by atoms with Crippen molar-refractivity contribution in [3.05, 3.63) is 71.2 Å². The van der Waals surface area contributed by atoms with Crippen LogP contribution in [-0.4, -0.2) is 42.2 Å². The number of ether oxygens (including phenoxy) is 3. The highest BCUT2D eigenvalue weighted by Gasteiger charge is 2.35. The van der Waals surface area contributed by atoms with Crippen molar-refractivity contribution in [3.8, 4) is 17.2 Å². The Hall–Kier alpha value is -3.64. The molecule has 8 nitrogen and oxygen atoms in total. The number of amides is 1. The molecular formula is C24H22ClF3N2O6S. The van der Waals surface area contributed by atoms with Gasteiger partial charge < -0.3 is 19.5 Å². The molecule has 0 aliphatic rings. The molecule has 3 aromatic carbocycles. The van der Waals surface area contributed by atoms with Gasteiger partial charge in [0.1, 0.15) is 12.3 Å². The Kier molecular flexibility index (Phi) is 8.44. The average Bonchev–Trinajstić information content (AvgIpc) is 2.86. The lowest BCUT2D eigenvalue weighted by molar-refractivity contribution is -0.137. The van der Waals surface area contributed by atoms with Crippen LogP contribution in [0.25, 0.3) is 0 Å². The van der Waals surface area contributed by atoms with E-state index >= 15 is 0 Å². The minimum Gasteiger partial charge on any atom is -0.495 e. The maximum Gasteiger partial charge on any atom is 0.418 e. The number of hydrogen-bond donors (Lipinski definition) is 1. The summed E-state index contributed by atoms with van der Waals surface area (Å²) >= 11 is 6.10. The molecule has 0 radical (unpaired) electrons. The van der Waals surface area contributed by atoms with Crippen LogP contribution in [0.2, 0.25) is 5.02 Å². The summed E-state index contributed by atoms with van der Waals surface area (Å²) in [5.41, 5.74) is -1.72. The molecule has 0 saturated carbocycles. The van der Waals surface area contributed by atoms with E-state index in [1.807, 2.05) is 0 Å². The van der Waals surface area contributed by atoms with Crippen molar-refractivity contribution in [2.75, 3.05) is 37.5 Å². The summed E-state index contributed by atoms with van der Waals surface area (Å²) in [5, 5.41) is 2.28. The molecule has 0 atom stereocenters. The van der Waals surface area contributed by atoms with Crippen molar-refractivity contribution >= 4 is 38.9 Å². The summed E-state index contributed by atoms with van der Waals surface area (Å²) in [4.78, 5) is 12.7. The van der Waals surface area contributed by atoms with E-state index in [9.17, 15) is 26.4 Å². The Morgan fingerprint density at radius 2 is 1.54 bits per heavy atom. The Balaban J connectivity index is 2.09. The Labute approximate surface area is 216 Å². The van der Waals surface area contributed by atoms with Gasteiger partial charge in [-0.25, -0.2) is 8.42 Å². The minimum absolute atomic E-state index is 0.0527. The number of benzene rings is 3. The van der Waals surface area contributed by atoms with Gasteiger partial charge in [-0.15, -0.1) is 0 Å². The summed E-state index contributed by atoms with van der Waals surface area (Å²) < 4.78 is 84.0. The molecule has 0 bridgehead atoms. The maximum absolute atomic E-state index is 13.8. The molecule has 3 aromatic rings. The van der Waals surface area contributed by atoms with Crippen LogP contribution in [0.3, 0.4) is 0 Å². The van der Waals surface area contributed by atoms with Crippen molar-refractivity contribution in [2.45, 2.75) is 11.1 Å². The van der Waals surface area contributed by atoms with Gasteiger partial charge in [-0.05, 0) is 42.5 Å². The summed E-state index contributed by atoms with van der Waals surface area (Å²) in [6.45, 7) is -0.903. The van der Waals surface area contributed by atoms with E-state index in [4.69, 9.17) is 25.8 Å². The van der Waals surface area contributed by atoms with E-state index < -0.39 is 39.9 Å². The monoisotopic (exact) mass is 558 g/mol. The summed E-state index contributed by atoms with van der Waals surface area (Å²) in [5.74, 6) is -0.625. The second kappa shape index (κ2) is 11.2. The number of nitrogens with zero attached hydrogens (tertiary/aromatic N) is 1. The first-order valence-electron chi connectivity index (χ1n) is 10.5. The molecule has 0 unspecified atom stereocenters. The van der Waals surface area contributed by atoms with Crippen LogP contribution in [0.5, 0.6) is 17.2 Å². The number of sulfonamides is 1. The highest BCUT2D eigenvalue weighted by atomic mass is 35.5. The average molecular weight is 559 g/mol. The molecule has 0 aliphatic heterocycles. The molecular weight excluding hydrogens is 537 g/mol. The zero-order valence-electron chi connectivity index (χ0n) is 19.8. The topological polar surface area (TPSA) is 94.2 Å². The number of anilines is 2. The van der Waals surface area contributed by atoms with Crippen molar-refractivity contribution in [3.63, 3.8) is 0 Å². The second-order valence-corrected chi connectivity index (χ2v) is 9.73. The van der Waals surface area contributed by atoms with Gasteiger partial charge in [0.25, 0.3) is 10.0 Å². The number of methoxy groups -OCH3 is 3. The van der Waals surface area contributed by atoms with Gasteiger partial charge in [0, 0.05) is 11.1 Å². The number of alkyl halides is 3. The van der Waals surface area contributed by atoms with Crippen molar-refractivity contribution < 1.29 is 40.6 Å². The van der Waals surface area contributed by atoms with E-state index in [0.717, 1.165) is 12.1 Å². The molecule has 13 heteroatoms. The molecule has 0 saturated heterocycles. The van der Waals surface area contributed by atoms with Gasteiger partial charge in [0.05, 0.1) is 43.2 Å². The third kappa shape index (κ3) is 6.20. The zero-order valence-corrected chi connectivity index (χ0v) is 21.4. The fraction of sp³-hybridized carbons (Fsp3) is 0.208. The number of rotatable bonds is 9. The van der Waals surface area contributed by atoms with Crippen LogP contribution in [0.4, 0.5) is 24.5 Å². The normalized spacial score (nSPS) is 11.5. The number of halogens is 4. The van der Waals surface area contributed by atoms with E-state index in [-0.39, 0.29) is 32.9 Å². The molecule has 0 fully saturated rings. The van der Waals surface area contributed by atoms with Crippen molar-refractivity contribution in [2.24, 2.45) is 0 Å². The highest BCUT2D eigenvalue weighted by Crippen LogP contribution is 2.38. The fourth-order valence-electron chi connectivity index (χ4n) is 3.42. The number of carbonyl (C=O) groups excluding carboxylic acids is 1. The first-order chi connectivity index (χ1) is 17.4. The third-order valence-corrected chi connectivity index (χ3v) is 7.14. The summed E-state index contributed by atoms with van der Waals surface area (Å²) in [7, 11) is -0.535. The number of para-hydroxylation sites is 1. The van der Waals surface area contributed by atoms with Crippen LogP contribution < -0.4 is 23.8 Å². The highest BCUT2D eigenvalue weighted by molar-refractivity contribution is 7.92. The van der Waals surface area contributed by atoms with E-state index in [1.54, 1.807) is 0 Å². The lowest BCUT2D eigenvalue weighted by Gasteiger charge is -2.26. The van der Waals surface area contributed by atoms with Crippen LogP contribution in [0, 0.1) is 0 Å². The van der Waals surface area contributed by atoms with Crippen molar-refractivity contribution in [1.29, 1.82) is 0 Å². The molecule has 0 heterocycles. The van der Waals surface area contributed by atoms with Gasteiger partial charge in [-0.2, -0.15) is 13.2 Å². The first kappa shape index (κ1) is 27.9. The van der Waals surface area contributed by atoms with Crippen LogP contribution in [0.1, 0.15) is 5.56 Å². The quantitative estimate of drug-likeness (QED) is 0.387. The lowest BCUT2D eigenvalue weighted by Crippen LogP contribution is -2.38. The molecule has 0 spiro atoms. The number of carbonyl (C=O) groups is 1. The van der Waals surface area contributed by atoms with Gasteiger partial charge >= 0.3 is 6.18 Å². The standard InChI is InChI=1S/C24H22ClF3N2O6S/c1-34-20-10-8-15(25)12-19(20)30(37(32,33)16-9-11-21(35-2)22(13-16)36-3)14-23(31)29-18-7-5-4-6-17(18)24(26,27)28/h4-13H,14H2,1-3H3,(H,29,31). The summed E-state index contributed by atoms with van der Waals surface area (Å²) in [6.07, 6.45) is -4.74. The predicted molar refractivity (Wildman–Crippen MR) is 132 cm³/mol. The SMILES string of the molecule is COc1ccc(S(=O)(=O)N(CC(=O)Nc2ccccc2C(F)(F)F)c2cc(Cl)ccc2OC)cc1OC. The summed E-state index contributed by atoms with van der Waals surface area (Å²) in [6, 6.07) is 12.2. The van der Waals surface area contributed by atoms with Crippen LogP contribution in [0.15, 0.2) is 65.6 Å². The molecule has 0 aliphatic carbocycles. The van der Waals surface area contributed by atoms with E-state index in [2.05, 4.69) is 5.32 Å². The molecule has 1 amide bonds. The van der Waals surface area contributed by atoms with Crippen LogP contribution >= 0.6 is 11.6 Å². The van der Waals surface area contributed by atoms with E-state index in [1.165, 1.54) is 69.9 Å². The molecule has 37 heavy (non-hydrogen) atoms. The third-order valence-electron chi connectivity index (χ3n) is 5.15. The first-order valence-corrected chi connectivity index (χ1v) is 12.3. The second-order valence-electron chi connectivity index (χ2n) is 7.44. The largest absolute Gasteiger partial charge is 0.495 e. The Bertz CT molecular complexity index is 1400. The predicted octanol–water partition coefficient (Wildman–Crippen LogP) is 5.22. The van der Waals surface area contributed by atoms with Crippen molar-refractivity contribution in [1.82, 2.24) is 0 Å². The van der Waals surface area contributed by atoms with Gasteiger partial charge in [0.2, 0.25) is 5.91 Å². The van der Waals surface area contributed by atoms with Gasteiger partial charge in [0.15, 0.2) is 11.5 Å². The maximum atomic E-state index is 13.8. The zero-order chi connectivity index (χ0) is 27.4. The van der Waals surface area contributed by atoms with Gasteiger partial charge in [-0.3, -0.25) is 9.10 Å². The lowest BCUT2D eigenvalue weighted by atomic mass is 10.1. The molecule has 1 N–H and O–H groups in total. The van der Waals surface area contributed by atoms with E-state index in [0.29, 0.717) is 4.31 Å². The molecule has 3 rings (SSSR count). The molecule has 198 valence electrons. The van der Waals surface area contributed by atoms with Gasteiger partial charge in [-0.1, -0.05) is 23.7 Å². The Morgan fingerprint density at radius 1 is 0.919 bits per heavy atom. The molecule has 0 aromatic heterocycles. The Morgan fingerprint density at radius 3 is 2.16 bits per heavy atom. The number of nitrogens with one attached hydrogen (secondary N) is 1. The smallest absolute Gasteiger partial charge is 0.418 e. The fourth-order valence-corrected chi connectivity index (χ4v) is 5.03. The number of hydrogen-bond acceptors (Lipinski definition) is 6. The minimum atomic E-state index is -4.74.